The SMILES string of the molecule is O=C(COc1ccc(Br)cc1Br)Nc1cccc(CO)c1. The predicted octanol–water partition coefficient (Wildman–Crippen LogP) is 3.72. The number of aliphatic hydroxyl groups is 1. The van der Waals surface area contributed by atoms with Crippen LogP contribution in [0.3, 0.4) is 0 Å². The zero-order valence-corrected chi connectivity index (χ0v) is 14.1. The molecular formula is C15H13Br2NO3. The second-order valence-corrected chi connectivity index (χ2v) is 6.04. The first-order chi connectivity index (χ1) is 10.1. The zero-order chi connectivity index (χ0) is 15.2. The van der Waals surface area contributed by atoms with E-state index in [0.717, 1.165) is 14.5 Å². The zero-order valence-electron chi connectivity index (χ0n) is 11.0. The van der Waals surface area contributed by atoms with Crippen molar-refractivity contribution in [2.75, 3.05) is 11.9 Å². The fraction of sp³-hybridized carbons (Fsp3) is 0.133. The van der Waals surface area contributed by atoms with Gasteiger partial charge in [0, 0.05) is 10.2 Å². The summed E-state index contributed by atoms with van der Waals surface area (Å²) in [6.07, 6.45) is 0. The number of nitrogens with one attached hydrogen (secondary N) is 1. The number of aliphatic hydroxyl groups excluding tert-OH is 1. The van der Waals surface area contributed by atoms with Crippen molar-refractivity contribution >= 4 is 43.5 Å². The second kappa shape index (κ2) is 7.59. The lowest BCUT2D eigenvalue weighted by Gasteiger charge is -2.09. The topological polar surface area (TPSA) is 58.6 Å². The third kappa shape index (κ3) is 4.84. The Kier molecular flexibility index (Phi) is 5.78. The summed E-state index contributed by atoms with van der Waals surface area (Å²) in [6, 6.07) is 12.5. The molecule has 110 valence electrons. The minimum absolute atomic E-state index is 0.0634. The van der Waals surface area contributed by atoms with E-state index in [1.165, 1.54) is 0 Å². The van der Waals surface area contributed by atoms with Crippen molar-refractivity contribution in [3.05, 3.63) is 57.0 Å². The van der Waals surface area contributed by atoms with Crippen molar-refractivity contribution in [1.29, 1.82) is 0 Å². The van der Waals surface area contributed by atoms with Crippen molar-refractivity contribution < 1.29 is 14.6 Å². The van der Waals surface area contributed by atoms with E-state index in [1.807, 2.05) is 12.1 Å². The number of amides is 1. The molecule has 2 rings (SSSR count). The van der Waals surface area contributed by atoms with Crippen molar-refractivity contribution in [1.82, 2.24) is 0 Å². The Bertz CT molecular complexity index is 647. The van der Waals surface area contributed by atoms with E-state index in [1.54, 1.807) is 30.3 Å². The van der Waals surface area contributed by atoms with Gasteiger partial charge in [0.2, 0.25) is 0 Å². The van der Waals surface area contributed by atoms with Crippen molar-refractivity contribution in [3.8, 4) is 5.75 Å². The molecule has 0 atom stereocenters. The molecule has 2 N–H and O–H groups in total. The third-order valence-corrected chi connectivity index (χ3v) is 3.76. The van der Waals surface area contributed by atoms with Crippen LogP contribution in [0.5, 0.6) is 5.75 Å². The number of halogens is 2. The van der Waals surface area contributed by atoms with Gasteiger partial charge in [-0.1, -0.05) is 28.1 Å². The molecule has 0 aromatic heterocycles. The second-order valence-electron chi connectivity index (χ2n) is 4.27. The lowest BCUT2D eigenvalue weighted by Crippen LogP contribution is -2.20. The van der Waals surface area contributed by atoms with Crippen LogP contribution in [0, 0.1) is 0 Å². The van der Waals surface area contributed by atoms with Gasteiger partial charge in [-0.25, -0.2) is 0 Å². The third-order valence-electron chi connectivity index (χ3n) is 2.65. The molecule has 0 aliphatic heterocycles. The Hall–Kier alpha value is -1.37. The first-order valence-corrected chi connectivity index (χ1v) is 7.74. The molecule has 0 bridgehead atoms. The Labute approximate surface area is 139 Å². The molecule has 6 heteroatoms. The smallest absolute Gasteiger partial charge is 0.262 e. The van der Waals surface area contributed by atoms with E-state index in [9.17, 15) is 4.79 Å². The minimum atomic E-state index is -0.264. The highest BCUT2D eigenvalue weighted by atomic mass is 79.9. The number of hydrogen-bond donors (Lipinski definition) is 2. The van der Waals surface area contributed by atoms with Crippen molar-refractivity contribution in [3.63, 3.8) is 0 Å². The average molecular weight is 415 g/mol. The number of carbonyl (C=O) groups excluding carboxylic acids is 1. The molecule has 0 saturated carbocycles. The van der Waals surface area contributed by atoms with Crippen LogP contribution in [0.2, 0.25) is 0 Å². The van der Waals surface area contributed by atoms with E-state index in [-0.39, 0.29) is 19.1 Å². The van der Waals surface area contributed by atoms with Crippen LogP contribution in [0.25, 0.3) is 0 Å². The highest BCUT2D eigenvalue weighted by Gasteiger charge is 2.07. The molecule has 21 heavy (non-hydrogen) atoms. The van der Waals surface area contributed by atoms with Gasteiger partial charge < -0.3 is 15.2 Å². The van der Waals surface area contributed by atoms with Gasteiger partial charge in [-0.2, -0.15) is 0 Å². The number of anilines is 1. The molecule has 1 amide bonds. The van der Waals surface area contributed by atoms with Crippen molar-refractivity contribution in [2.45, 2.75) is 6.61 Å². The van der Waals surface area contributed by atoms with Crippen LogP contribution in [0.15, 0.2) is 51.4 Å². The monoisotopic (exact) mass is 413 g/mol. The lowest BCUT2D eigenvalue weighted by atomic mass is 10.2. The molecule has 0 spiro atoms. The first-order valence-electron chi connectivity index (χ1n) is 6.16. The predicted molar refractivity (Wildman–Crippen MR) is 88.3 cm³/mol. The Morgan fingerprint density at radius 3 is 2.71 bits per heavy atom. The quantitative estimate of drug-likeness (QED) is 0.783. The molecule has 0 saturated heterocycles. The molecule has 0 aliphatic rings. The average Bonchev–Trinajstić information content (AvgIpc) is 2.46. The highest BCUT2D eigenvalue weighted by Crippen LogP contribution is 2.28. The largest absolute Gasteiger partial charge is 0.483 e. The standard InChI is InChI=1S/C15H13Br2NO3/c16-11-4-5-14(13(17)7-11)21-9-15(20)18-12-3-1-2-10(6-12)8-19/h1-7,19H,8-9H2,(H,18,20). The number of hydrogen-bond acceptors (Lipinski definition) is 3. The molecule has 4 nitrogen and oxygen atoms in total. The first kappa shape index (κ1) is 16.0. The molecule has 0 radical (unpaired) electrons. The highest BCUT2D eigenvalue weighted by molar-refractivity contribution is 9.11. The summed E-state index contributed by atoms with van der Waals surface area (Å²) in [5, 5.41) is 11.8. The molecular weight excluding hydrogens is 402 g/mol. The van der Waals surface area contributed by atoms with E-state index in [0.29, 0.717) is 11.4 Å². The van der Waals surface area contributed by atoms with E-state index in [4.69, 9.17) is 9.84 Å². The van der Waals surface area contributed by atoms with Gasteiger partial charge in [-0.15, -0.1) is 0 Å². The number of ether oxygens (including phenoxy) is 1. The van der Waals surface area contributed by atoms with E-state index >= 15 is 0 Å². The Morgan fingerprint density at radius 1 is 1.19 bits per heavy atom. The van der Waals surface area contributed by atoms with Crippen molar-refractivity contribution in [2.24, 2.45) is 0 Å². The summed E-state index contributed by atoms with van der Waals surface area (Å²) < 4.78 is 7.15. The van der Waals surface area contributed by atoms with Gasteiger partial charge >= 0.3 is 0 Å². The normalized spacial score (nSPS) is 10.2. The summed E-state index contributed by atoms with van der Waals surface area (Å²) in [5.41, 5.74) is 1.37. The van der Waals surface area contributed by atoms with Gasteiger partial charge in [0.25, 0.3) is 5.91 Å². The molecule has 0 fully saturated rings. The molecule has 2 aromatic rings. The van der Waals surface area contributed by atoms with Crippen LogP contribution < -0.4 is 10.1 Å². The van der Waals surface area contributed by atoms with E-state index < -0.39 is 0 Å². The Balaban J connectivity index is 1.92. The maximum atomic E-state index is 11.8. The molecule has 0 unspecified atom stereocenters. The van der Waals surface area contributed by atoms with Crippen LogP contribution in [0.4, 0.5) is 5.69 Å². The Morgan fingerprint density at radius 2 is 2.00 bits per heavy atom. The number of carbonyl (C=O) groups is 1. The molecule has 2 aromatic carbocycles. The van der Waals surface area contributed by atoms with Gasteiger partial charge in [0.15, 0.2) is 6.61 Å². The summed E-state index contributed by atoms with van der Waals surface area (Å²) in [7, 11) is 0. The van der Waals surface area contributed by atoms with Crippen LogP contribution in [-0.2, 0) is 11.4 Å². The maximum Gasteiger partial charge on any atom is 0.262 e. The lowest BCUT2D eigenvalue weighted by molar-refractivity contribution is -0.118. The minimum Gasteiger partial charge on any atom is -0.483 e. The van der Waals surface area contributed by atoms with E-state index in [2.05, 4.69) is 37.2 Å². The van der Waals surface area contributed by atoms with Crippen LogP contribution in [0.1, 0.15) is 5.56 Å². The molecule has 0 heterocycles. The van der Waals surface area contributed by atoms with Crippen LogP contribution >= 0.6 is 31.9 Å². The summed E-state index contributed by atoms with van der Waals surface area (Å²) in [4.78, 5) is 11.8. The van der Waals surface area contributed by atoms with Gasteiger partial charge in [0.05, 0.1) is 11.1 Å². The summed E-state index contributed by atoms with van der Waals surface area (Å²) in [5.74, 6) is 0.331. The number of benzene rings is 2. The molecule has 0 aliphatic carbocycles. The fourth-order valence-corrected chi connectivity index (χ4v) is 2.84. The van der Waals surface area contributed by atoms with Crippen LogP contribution in [-0.4, -0.2) is 17.6 Å². The summed E-state index contributed by atoms with van der Waals surface area (Å²) >= 11 is 6.72. The number of rotatable bonds is 5. The fourth-order valence-electron chi connectivity index (χ4n) is 1.68. The van der Waals surface area contributed by atoms with Gasteiger partial charge in [0.1, 0.15) is 5.75 Å². The van der Waals surface area contributed by atoms with Gasteiger partial charge in [-0.3, -0.25) is 4.79 Å². The summed E-state index contributed by atoms with van der Waals surface area (Å²) in [6.45, 7) is -0.157. The van der Waals surface area contributed by atoms with Gasteiger partial charge in [-0.05, 0) is 51.8 Å². The maximum absolute atomic E-state index is 11.8.